The van der Waals surface area contributed by atoms with E-state index in [0.29, 0.717) is 0 Å². The Kier molecular flexibility index (Phi) is 3.73. The van der Waals surface area contributed by atoms with Crippen molar-refractivity contribution in [3.63, 3.8) is 0 Å². The molecular formula is C10H7I2N3. The summed E-state index contributed by atoms with van der Waals surface area (Å²) in [6.07, 6.45) is 3.63. The summed E-state index contributed by atoms with van der Waals surface area (Å²) in [5.41, 5.74) is 0. The van der Waals surface area contributed by atoms with Gasteiger partial charge in [0, 0.05) is 19.5 Å². The highest BCUT2D eigenvalue weighted by atomic mass is 127. The number of hydrogen-bond donors (Lipinski definition) is 1. The molecule has 0 aromatic carbocycles. The third-order valence-electron chi connectivity index (χ3n) is 1.71. The standard InChI is InChI=1S/C10H7I2N3/c11-7-1-3-9(13-5-7)15-10-4-2-8(12)6-14-10/h1-6H,(H,13,14,15). The van der Waals surface area contributed by atoms with Crippen LogP contribution < -0.4 is 5.32 Å². The number of hydrogen-bond acceptors (Lipinski definition) is 3. The summed E-state index contributed by atoms with van der Waals surface area (Å²) in [6.45, 7) is 0. The largest absolute Gasteiger partial charge is 0.325 e. The maximum Gasteiger partial charge on any atom is 0.131 e. The zero-order valence-electron chi connectivity index (χ0n) is 7.61. The van der Waals surface area contributed by atoms with Crippen molar-refractivity contribution in [2.45, 2.75) is 0 Å². The van der Waals surface area contributed by atoms with E-state index >= 15 is 0 Å². The fraction of sp³-hybridized carbons (Fsp3) is 0. The molecule has 0 fully saturated rings. The number of nitrogens with zero attached hydrogens (tertiary/aromatic N) is 2. The normalized spacial score (nSPS) is 10.0. The fourth-order valence-corrected chi connectivity index (χ4v) is 1.67. The van der Waals surface area contributed by atoms with Crippen molar-refractivity contribution in [1.29, 1.82) is 0 Å². The molecule has 0 unspecified atom stereocenters. The average molecular weight is 423 g/mol. The van der Waals surface area contributed by atoms with Gasteiger partial charge in [0.1, 0.15) is 11.6 Å². The highest BCUT2D eigenvalue weighted by Crippen LogP contribution is 2.13. The Morgan fingerprint density at radius 3 is 1.60 bits per heavy atom. The summed E-state index contributed by atoms with van der Waals surface area (Å²) in [6, 6.07) is 7.87. The summed E-state index contributed by atoms with van der Waals surface area (Å²) < 4.78 is 2.24. The van der Waals surface area contributed by atoms with Crippen LogP contribution in [0.2, 0.25) is 0 Å². The quantitative estimate of drug-likeness (QED) is 0.753. The Morgan fingerprint density at radius 1 is 0.800 bits per heavy atom. The third kappa shape index (κ3) is 3.26. The second-order valence-electron chi connectivity index (χ2n) is 2.85. The lowest BCUT2D eigenvalue weighted by Gasteiger charge is -2.03. The van der Waals surface area contributed by atoms with Crippen molar-refractivity contribution >= 4 is 56.8 Å². The van der Waals surface area contributed by atoms with E-state index in [1.807, 2.05) is 36.7 Å². The fourth-order valence-electron chi connectivity index (χ4n) is 1.03. The minimum atomic E-state index is 0.809. The number of anilines is 2. The lowest BCUT2D eigenvalue weighted by atomic mass is 10.4. The molecule has 76 valence electrons. The van der Waals surface area contributed by atoms with Crippen LogP contribution in [0.3, 0.4) is 0 Å². The lowest BCUT2D eigenvalue weighted by molar-refractivity contribution is 1.24. The first-order valence-electron chi connectivity index (χ1n) is 4.24. The molecule has 0 aliphatic heterocycles. The smallest absolute Gasteiger partial charge is 0.131 e. The van der Waals surface area contributed by atoms with E-state index in [2.05, 4.69) is 60.5 Å². The molecule has 5 heteroatoms. The molecule has 2 rings (SSSR count). The molecule has 0 atom stereocenters. The van der Waals surface area contributed by atoms with Crippen LogP contribution in [-0.4, -0.2) is 9.97 Å². The van der Waals surface area contributed by atoms with Gasteiger partial charge in [0.15, 0.2) is 0 Å². The zero-order valence-corrected chi connectivity index (χ0v) is 11.9. The van der Waals surface area contributed by atoms with Crippen LogP contribution in [0.15, 0.2) is 36.7 Å². The van der Waals surface area contributed by atoms with Gasteiger partial charge in [0.05, 0.1) is 0 Å². The predicted octanol–water partition coefficient (Wildman–Crippen LogP) is 3.43. The summed E-state index contributed by atoms with van der Waals surface area (Å²) in [5, 5.41) is 3.13. The molecule has 2 aromatic rings. The monoisotopic (exact) mass is 423 g/mol. The molecule has 0 radical (unpaired) electrons. The summed E-state index contributed by atoms with van der Waals surface area (Å²) >= 11 is 4.45. The maximum absolute atomic E-state index is 4.24. The molecule has 0 amide bonds. The van der Waals surface area contributed by atoms with Gasteiger partial charge in [0.2, 0.25) is 0 Å². The number of pyridine rings is 2. The van der Waals surface area contributed by atoms with E-state index in [1.165, 1.54) is 0 Å². The molecule has 0 aliphatic rings. The van der Waals surface area contributed by atoms with Crippen molar-refractivity contribution in [2.75, 3.05) is 5.32 Å². The molecule has 0 bridgehead atoms. The number of aromatic nitrogens is 2. The minimum Gasteiger partial charge on any atom is -0.325 e. The molecule has 0 spiro atoms. The van der Waals surface area contributed by atoms with E-state index < -0.39 is 0 Å². The molecule has 2 heterocycles. The molecule has 0 saturated heterocycles. The Hall–Kier alpha value is -0.440. The van der Waals surface area contributed by atoms with Crippen LogP contribution in [0.4, 0.5) is 11.6 Å². The van der Waals surface area contributed by atoms with Gasteiger partial charge in [-0.2, -0.15) is 0 Å². The molecule has 0 saturated carbocycles. The van der Waals surface area contributed by atoms with Crippen LogP contribution in [0.5, 0.6) is 0 Å². The Bertz CT molecular complexity index is 396. The topological polar surface area (TPSA) is 37.8 Å². The van der Waals surface area contributed by atoms with Crippen molar-refractivity contribution in [1.82, 2.24) is 9.97 Å². The first kappa shape index (κ1) is 11.1. The Labute approximate surface area is 115 Å². The Balaban J connectivity index is 2.15. The SMILES string of the molecule is Ic1ccc(Nc2ccc(I)cn2)nc1. The molecule has 1 N–H and O–H groups in total. The first-order valence-corrected chi connectivity index (χ1v) is 6.40. The maximum atomic E-state index is 4.24. The van der Waals surface area contributed by atoms with E-state index in [9.17, 15) is 0 Å². The van der Waals surface area contributed by atoms with Crippen molar-refractivity contribution in [3.05, 3.63) is 43.8 Å². The van der Waals surface area contributed by atoms with Crippen molar-refractivity contribution in [3.8, 4) is 0 Å². The first-order chi connectivity index (χ1) is 7.24. The molecule has 0 aliphatic carbocycles. The van der Waals surface area contributed by atoms with Gasteiger partial charge in [-0.3, -0.25) is 0 Å². The molecule has 15 heavy (non-hydrogen) atoms. The van der Waals surface area contributed by atoms with Crippen molar-refractivity contribution < 1.29 is 0 Å². The van der Waals surface area contributed by atoms with Gasteiger partial charge in [-0.25, -0.2) is 9.97 Å². The summed E-state index contributed by atoms with van der Waals surface area (Å²) in [7, 11) is 0. The minimum absolute atomic E-state index is 0.809. The second-order valence-corrected chi connectivity index (χ2v) is 5.34. The average Bonchev–Trinajstić information content (AvgIpc) is 2.25. The van der Waals surface area contributed by atoms with Crippen LogP contribution >= 0.6 is 45.2 Å². The van der Waals surface area contributed by atoms with E-state index in [1.54, 1.807) is 0 Å². The van der Waals surface area contributed by atoms with Crippen LogP contribution in [0.25, 0.3) is 0 Å². The number of halogens is 2. The van der Waals surface area contributed by atoms with E-state index in [-0.39, 0.29) is 0 Å². The lowest BCUT2D eigenvalue weighted by Crippen LogP contribution is -1.95. The molecule has 2 aromatic heterocycles. The molecular weight excluding hydrogens is 416 g/mol. The van der Waals surface area contributed by atoms with Gasteiger partial charge in [-0.15, -0.1) is 0 Å². The van der Waals surface area contributed by atoms with Crippen LogP contribution in [-0.2, 0) is 0 Å². The van der Waals surface area contributed by atoms with E-state index in [4.69, 9.17) is 0 Å². The zero-order chi connectivity index (χ0) is 10.7. The van der Waals surface area contributed by atoms with Gasteiger partial charge >= 0.3 is 0 Å². The predicted molar refractivity (Wildman–Crippen MR) is 77.2 cm³/mol. The summed E-state index contributed by atoms with van der Waals surface area (Å²) in [5.74, 6) is 1.62. The van der Waals surface area contributed by atoms with Gasteiger partial charge in [-0.05, 0) is 69.4 Å². The number of rotatable bonds is 2. The second kappa shape index (κ2) is 5.06. The van der Waals surface area contributed by atoms with Crippen LogP contribution in [0, 0.1) is 7.14 Å². The van der Waals surface area contributed by atoms with Gasteiger partial charge < -0.3 is 5.32 Å². The third-order valence-corrected chi connectivity index (χ3v) is 2.99. The van der Waals surface area contributed by atoms with Crippen molar-refractivity contribution in [2.24, 2.45) is 0 Å². The van der Waals surface area contributed by atoms with Gasteiger partial charge in [-0.1, -0.05) is 0 Å². The Morgan fingerprint density at radius 2 is 1.27 bits per heavy atom. The highest BCUT2D eigenvalue weighted by Gasteiger charge is 1.96. The summed E-state index contributed by atoms with van der Waals surface area (Å²) in [4.78, 5) is 8.47. The highest BCUT2D eigenvalue weighted by molar-refractivity contribution is 14.1. The van der Waals surface area contributed by atoms with Gasteiger partial charge in [0.25, 0.3) is 0 Å². The molecule has 3 nitrogen and oxygen atoms in total. The number of nitrogens with one attached hydrogen (secondary N) is 1. The van der Waals surface area contributed by atoms with Crippen LogP contribution in [0.1, 0.15) is 0 Å². The van der Waals surface area contributed by atoms with E-state index in [0.717, 1.165) is 18.8 Å².